The van der Waals surface area contributed by atoms with Crippen molar-refractivity contribution in [3.05, 3.63) is 28.8 Å². The molecule has 2 aromatic rings. The Bertz CT molecular complexity index is 532. The van der Waals surface area contributed by atoms with E-state index in [0.29, 0.717) is 12.0 Å². The molecule has 17 heavy (non-hydrogen) atoms. The number of nitrogens with two attached hydrogens (primary N) is 1. The van der Waals surface area contributed by atoms with Gasteiger partial charge in [0.1, 0.15) is 0 Å². The molecule has 0 aliphatic heterocycles. The lowest BCUT2D eigenvalue weighted by Gasteiger charge is -2.26. The number of thiazole rings is 1. The van der Waals surface area contributed by atoms with Crippen LogP contribution >= 0.6 is 11.3 Å². The standard InChI is InChI=1S/C14H18N2S/c1-9-6-7-12-13(8-9)17-14(16-12)10-4-2-3-5-11(10)15/h6-8,10-11H,2-5,15H2,1H3. The van der Waals surface area contributed by atoms with Crippen molar-refractivity contribution in [3.63, 3.8) is 0 Å². The SMILES string of the molecule is Cc1ccc2nc(C3CCCCC3N)sc2c1. The summed E-state index contributed by atoms with van der Waals surface area (Å²) in [6.07, 6.45) is 4.94. The predicted molar refractivity (Wildman–Crippen MR) is 73.5 cm³/mol. The van der Waals surface area contributed by atoms with Crippen LogP contribution in [0.1, 0.15) is 42.2 Å². The van der Waals surface area contributed by atoms with Gasteiger partial charge in [0.15, 0.2) is 0 Å². The summed E-state index contributed by atoms with van der Waals surface area (Å²) in [5.74, 6) is 0.487. The Morgan fingerprint density at radius 3 is 2.94 bits per heavy atom. The van der Waals surface area contributed by atoms with E-state index in [1.807, 2.05) is 11.3 Å². The van der Waals surface area contributed by atoms with Crippen LogP contribution in [0.2, 0.25) is 0 Å². The summed E-state index contributed by atoms with van der Waals surface area (Å²) in [4.78, 5) is 4.77. The molecule has 3 rings (SSSR count). The van der Waals surface area contributed by atoms with Crippen molar-refractivity contribution in [1.29, 1.82) is 0 Å². The molecule has 1 saturated carbocycles. The molecule has 1 aliphatic rings. The number of nitrogens with zero attached hydrogens (tertiary/aromatic N) is 1. The fraction of sp³-hybridized carbons (Fsp3) is 0.500. The average molecular weight is 246 g/mol. The zero-order chi connectivity index (χ0) is 11.8. The van der Waals surface area contributed by atoms with Crippen LogP contribution in [0.15, 0.2) is 18.2 Å². The van der Waals surface area contributed by atoms with E-state index in [4.69, 9.17) is 10.7 Å². The molecule has 0 radical (unpaired) electrons. The molecular formula is C14H18N2S. The third-order valence-electron chi connectivity index (χ3n) is 3.70. The second-order valence-electron chi connectivity index (χ2n) is 5.08. The maximum atomic E-state index is 6.23. The summed E-state index contributed by atoms with van der Waals surface area (Å²) in [6, 6.07) is 6.79. The Kier molecular flexibility index (Phi) is 2.89. The molecule has 1 heterocycles. The van der Waals surface area contributed by atoms with Crippen molar-refractivity contribution in [1.82, 2.24) is 4.98 Å². The molecule has 1 fully saturated rings. The topological polar surface area (TPSA) is 38.9 Å². The summed E-state index contributed by atoms with van der Waals surface area (Å²) in [6.45, 7) is 2.13. The van der Waals surface area contributed by atoms with Crippen molar-refractivity contribution in [3.8, 4) is 0 Å². The fourth-order valence-corrected chi connectivity index (χ4v) is 3.95. The normalized spacial score (nSPS) is 25.3. The Morgan fingerprint density at radius 1 is 1.29 bits per heavy atom. The van der Waals surface area contributed by atoms with Crippen LogP contribution in [0.5, 0.6) is 0 Å². The fourth-order valence-electron chi connectivity index (χ4n) is 2.67. The average Bonchev–Trinajstić information content (AvgIpc) is 2.72. The van der Waals surface area contributed by atoms with Crippen molar-refractivity contribution in [2.75, 3.05) is 0 Å². The van der Waals surface area contributed by atoms with Crippen LogP contribution < -0.4 is 5.73 Å². The summed E-state index contributed by atoms with van der Waals surface area (Å²) < 4.78 is 1.30. The lowest BCUT2D eigenvalue weighted by atomic mass is 9.85. The molecule has 1 aromatic heterocycles. The first kappa shape index (κ1) is 11.2. The number of hydrogen-bond donors (Lipinski definition) is 1. The molecule has 1 aromatic carbocycles. The van der Waals surface area contributed by atoms with Gasteiger partial charge in [0.25, 0.3) is 0 Å². The summed E-state index contributed by atoms with van der Waals surface area (Å²) in [7, 11) is 0. The Hall–Kier alpha value is -0.930. The van der Waals surface area contributed by atoms with Crippen LogP contribution in [0, 0.1) is 6.92 Å². The van der Waals surface area contributed by atoms with E-state index in [-0.39, 0.29) is 0 Å². The lowest BCUT2D eigenvalue weighted by Crippen LogP contribution is -2.31. The predicted octanol–water partition coefficient (Wildman–Crippen LogP) is 3.59. The number of aryl methyl sites for hydroxylation is 1. The minimum atomic E-state index is 0.311. The van der Waals surface area contributed by atoms with Gasteiger partial charge in [-0.05, 0) is 37.5 Å². The highest BCUT2D eigenvalue weighted by atomic mass is 32.1. The molecular weight excluding hydrogens is 228 g/mol. The molecule has 2 N–H and O–H groups in total. The largest absolute Gasteiger partial charge is 0.327 e. The van der Waals surface area contributed by atoms with Crippen LogP contribution in [0.4, 0.5) is 0 Å². The van der Waals surface area contributed by atoms with Gasteiger partial charge in [0, 0.05) is 12.0 Å². The quantitative estimate of drug-likeness (QED) is 0.835. The summed E-state index contributed by atoms with van der Waals surface area (Å²) >= 11 is 1.83. The highest BCUT2D eigenvalue weighted by Gasteiger charge is 2.26. The summed E-state index contributed by atoms with van der Waals surface area (Å²) in [5, 5.41) is 1.25. The van der Waals surface area contributed by atoms with Crippen LogP contribution in [-0.2, 0) is 0 Å². The zero-order valence-electron chi connectivity index (χ0n) is 10.1. The maximum absolute atomic E-state index is 6.23. The third kappa shape index (κ3) is 2.09. The molecule has 2 unspecified atom stereocenters. The molecule has 90 valence electrons. The van der Waals surface area contributed by atoms with Crippen molar-refractivity contribution in [2.45, 2.75) is 44.6 Å². The molecule has 0 spiro atoms. The van der Waals surface area contributed by atoms with E-state index >= 15 is 0 Å². The van der Waals surface area contributed by atoms with E-state index in [0.717, 1.165) is 11.9 Å². The van der Waals surface area contributed by atoms with Crippen LogP contribution in [0.25, 0.3) is 10.2 Å². The monoisotopic (exact) mass is 246 g/mol. The van der Waals surface area contributed by atoms with Gasteiger partial charge >= 0.3 is 0 Å². The van der Waals surface area contributed by atoms with E-state index < -0.39 is 0 Å². The lowest BCUT2D eigenvalue weighted by molar-refractivity contribution is 0.385. The zero-order valence-corrected chi connectivity index (χ0v) is 11.0. The summed E-state index contributed by atoms with van der Waals surface area (Å²) in [5.41, 5.74) is 8.67. The number of hydrogen-bond acceptors (Lipinski definition) is 3. The van der Waals surface area contributed by atoms with E-state index in [1.165, 1.54) is 34.5 Å². The number of benzene rings is 1. The third-order valence-corrected chi connectivity index (χ3v) is 4.85. The maximum Gasteiger partial charge on any atom is 0.0984 e. The van der Waals surface area contributed by atoms with Gasteiger partial charge in [-0.1, -0.05) is 18.9 Å². The van der Waals surface area contributed by atoms with Crippen molar-refractivity contribution >= 4 is 21.6 Å². The van der Waals surface area contributed by atoms with Gasteiger partial charge in [-0.15, -0.1) is 11.3 Å². The van der Waals surface area contributed by atoms with E-state index in [2.05, 4.69) is 25.1 Å². The van der Waals surface area contributed by atoms with Gasteiger partial charge in [-0.3, -0.25) is 0 Å². The second-order valence-corrected chi connectivity index (χ2v) is 6.14. The molecule has 0 saturated heterocycles. The van der Waals surface area contributed by atoms with Crippen LogP contribution in [-0.4, -0.2) is 11.0 Å². The Morgan fingerprint density at radius 2 is 2.12 bits per heavy atom. The van der Waals surface area contributed by atoms with Crippen LogP contribution in [0.3, 0.4) is 0 Å². The van der Waals surface area contributed by atoms with Gasteiger partial charge < -0.3 is 5.73 Å². The number of rotatable bonds is 1. The highest BCUT2D eigenvalue weighted by Crippen LogP contribution is 2.36. The Balaban J connectivity index is 1.99. The number of fused-ring (bicyclic) bond motifs is 1. The molecule has 0 bridgehead atoms. The highest BCUT2D eigenvalue weighted by molar-refractivity contribution is 7.18. The first-order valence-corrected chi connectivity index (χ1v) is 7.18. The van der Waals surface area contributed by atoms with Crippen molar-refractivity contribution in [2.24, 2.45) is 5.73 Å². The first-order valence-electron chi connectivity index (χ1n) is 6.37. The van der Waals surface area contributed by atoms with Gasteiger partial charge in [-0.2, -0.15) is 0 Å². The molecule has 2 atom stereocenters. The Labute approximate surface area is 106 Å². The van der Waals surface area contributed by atoms with Gasteiger partial charge in [0.05, 0.1) is 15.2 Å². The smallest absolute Gasteiger partial charge is 0.0984 e. The molecule has 2 nitrogen and oxygen atoms in total. The number of aromatic nitrogens is 1. The molecule has 3 heteroatoms. The second kappa shape index (κ2) is 4.39. The van der Waals surface area contributed by atoms with Crippen molar-refractivity contribution < 1.29 is 0 Å². The van der Waals surface area contributed by atoms with E-state index in [9.17, 15) is 0 Å². The van der Waals surface area contributed by atoms with Gasteiger partial charge in [0.2, 0.25) is 0 Å². The van der Waals surface area contributed by atoms with Gasteiger partial charge in [-0.25, -0.2) is 4.98 Å². The minimum Gasteiger partial charge on any atom is -0.327 e. The minimum absolute atomic E-state index is 0.311. The molecule has 1 aliphatic carbocycles. The molecule has 0 amide bonds. The van der Waals surface area contributed by atoms with E-state index in [1.54, 1.807) is 0 Å². The first-order chi connectivity index (χ1) is 8.24.